The van der Waals surface area contributed by atoms with Gasteiger partial charge in [0.15, 0.2) is 12.4 Å². The lowest BCUT2D eigenvalue weighted by Gasteiger charge is -2.12. The van der Waals surface area contributed by atoms with Crippen LogP contribution in [0.3, 0.4) is 0 Å². The summed E-state index contributed by atoms with van der Waals surface area (Å²) in [6, 6.07) is 0. The van der Waals surface area contributed by atoms with E-state index in [9.17, 15) is 9.59 Å². The molecule has 0 aromatic carbocycles. The van der Waals surface area contributed by atoms with Gasteiger partial charge < -0.3 is 4.74 Å². The fourth-order valence-corrected chi connectivity index (χ4v) is 1.72. The molecule has 0 aliphatic rings. The Morgan fingerprint density at radius 2 is 2.00 bits per heavy atom. The first-order valence-corrected chi connectivity index (χ1v) is 7.04. The molecule has 0 aromatic rings. The van der Waals surface area contributed by atoms with E-state index in [1.165, 1.54) is 19.3 Å². The summed E-state index contributed by atoms with van der Waals surface area (Å²) in [7, 11) is 0. The molecule has 0 heterocycles. The van der Waals surface area contributed by atoms with E-state index in [1.54, 1.807) is 6.92 Å². The molecule has 0 fully saturated rings. The van der Waals surface area contributed by atoms with Gasteiger partial charge in [0.2, 0.25) is 0 Å². The quantitative estimate of drug-likeness (QED) is 0.446. The van der Waals surface area contributed by atoms with Crippen LogP contribution in [0.2, 0.25) is 0 Å². The molecule has 1 unspecified atom stereocenters. The minimum Gasteiger partial charge on any atom is -0.454 e. The van der Waals surface area contributed by atoms with E-state index < -0.39 is 5.97 Å². The average molecular weight is 266 g/mol. The number of unbranched alkanes of at least 4 members (excludes halogenated alkanes) is 1. The molecular weight excluding hydrogens is 240 g/mol. The molecule has 0 saturated heterocycles. The van der Waals surface area contributed by atoms with Crippen molar-refractivity contribution in [3.8, 4) is 0 Å². The summed E-state index contributed by atoms with van der Waals surface area (Å²) in [5.41, 5.74) is 0.576. The van der Waals surface area contributed by atoms with Gasteiger partial charge in [0.25, 0.3) is 0 Å². The van der Waals surface area contributed by atoms with Crippen molar-refractivity contribution in [2.24, 2.45) is 5.92 Å². The van der Waals surface area contributed by atoms with Crippen molar-refractivity contribution in [2.45, 2.75) is 52.9 Å². The maximum atomic E-state index is 11.6. The summed E-state index contributed by atoms with van der Waals surface area (Å²) in [6.45, 7) is 9.19. The second-order valence-electron chi connectivity index (χ2n) is 4.79. The smallest absolute Gasteiger partial charge is 0.333 e. The van der Waals surface area contributed by atoms with Crippen molar-refractivity contribution < 1.29 is 14.3 Å². The Morgan fingerprint density at radius 3 is 2.53 bits per heavy atom. The molecule has 19 heavy (non-hydrogen) atoms. The van der Waals surface area contributed by atoms with Gasteiger partial charge in [-0.05, 0) is 25.3 Å². The van der Waals surface area contributed by atoms with Gasteiger partial charge in [-0.1, -0.05) is 52.2 Å². The maximum Gasteiger partial charge on any atom is 0.333 e. The Morgan fingerprint density at radius 1 is 1.32 bits per heavy atom. The number of ether oxygens (including phenoxy) is 1. The molecular formula is C16H26O3. The summed E-state index contributed by atoms with van der Waals surface area (Å²) in [5.74, 6) is -0.0754. The lowest BCUT2D eigenvalue weighted by atomic mass is 9.95. The second-order valence-corrected chi connectivity index (χ2v) is 4.79. The number of rotatable bonds is 10. The first-order valence-electron chi connectivity index (χ1n) is 7.04. The first-order chi connectivity index (χ1) is 9.04. The molecule has 0 amide bonds. The first kappa shape index (κ1) is 17.6. The highest BCUT2D eigenvalue weighted by Crippen LogP contribution is 2.18. The molecule has 108 valence electrons. The molecule has 0 aromatic heterocycles. The van der Waals surface area contributed by atoms with E-state index >= 15 is 0 Å². The zero-order valence-corrected chi connectivity index (χ0v) is 12.4. The summed E-state index contributed by atoms with van der Waals surface area (Å²) < 4.78 is 4.88. The molecule has 0 spiro atoms. The minimum atomic E-state index is -0.416. The van der Waals surface area contributed by atoms with Crippen LogP contribution < -0.4 is 0 Å². The molecule has 0 N–H and O–H groups in total. The summed E-state index contributed by atoms with van der Waals surface area (Å²) in [5, 5.41) is 0. The Bertz CT molecular complexity index is 329. The van der Waals surface area contributed by atoms with Gasteiger partial charge in [0.1, 0.15) is 0 Å². The van der Waals surface area contributed by atoms with Crippen LogP contribution in [0, 0.1) is 5.92 Å². The number of ketones is 1. The van der Waals surface area contributed by atoms with Gasteiger partial charge in [0.05, 0.1) is 0 Å². The van der Waals surface area contributed by atoms with Gasteiger partial charge >= 0.3 is 5.97 Å². The lowest BCUT2D eigenvalue weighted by Crippen LogP contribution is -2.12. The van der Waals surface area contributed by atoms with Gasteiger partial charge in [-0.25, -0.2) is 4.79 Å². The fourth-order valence-electron chi connectivity index (χ4n) is 1.72. The predicted octanol–water partition coefficient (Wildman–Crippen LogP) is 3.84. The Kier molecular flexibility index (Phi) is 9.77. The van der Waals surface area contributed by atoms with Crippen molar-refractivity contribution >= 4 is 11.8 Å². The van der Waals surface area contributed by atoms with Crippen LogP contribution in [0.5, 0.6) is 0 Å². The van der Waals surface area contributed by atoms with Gasteiger partial charge in [-0.3, -0.25) is 4.79 Å². The number of hydrogen-bond donors (Lipinski definition) is 0. The second kappa shape index (κ2) is 10.5. The molecule has 3 nitrogen and oxygen atoms in total. The summed E-state index contributed by atoms with van der Waals surface area (Å²) >= 11 is 0. The van der Waals surface area contributed by atoms with Gasteiger partial charge in [-0.15, -0.1) is 0 Å². The van der Waals surface area contributed by atoms with Gasteiger partial charge in [0, 0.05) is 5.57 Å². The molecule has 1 atom stereocenters. The number of hydrogen-bond acceptors (Lipinski definition) is 3. The third kappa shape index (κ3) is 8.36. The molecule has 0 bridgehead atoms. The van der Waals surface area contributed by atoms with Crippen LogP contribution in [0.25, 0.3) is 0 Å². The average Bonchev–Trinajstić information content (AvgIpc) is 2.44. The van der Waals surface area contributed by atoms with Crippen molar-refractivity contribution in [3.05, 3.63) is 24.3 Å². The van der Waals surface area contributed by atoms with Crippen molar-refractivity contribution in [1.82, 2.24) is 0 Å². The van der Waals surface area contributed by atoms with E-state index in [0.717, 1.165) is 18.9 Å². The molecule has 0 saturated carbocycles. The molecule has 0 rings (SSSR count). The van der Waals surface area contributed by atoms with E-state index in [2.05, 4.69) is 20.4 Å². The predicted molar refractivity (Wildman–Crippen MR) is 77.8 cm³/mol. The number of esters is 1. The van der Waals surface area contributed by atoms with Crippen LogP contribution in [-0.2, 0) is 14.3 Å². The molecule has 0 radical (unpaired) electrons. The normalized spacial score (nSPS) is 12.9. The number of carbonyl (C=O) groups excluding carboxylic acids is 2. The third-order valence-electron chi connectivity index (χ3n) is 3.20. The van der Waals surface area contributed by atoms with E-state index in [1.807, 2.05) is 6.08 Å². The summed E-state index contributed by atoms with van der Waals surface area (Å²) in [4.78, 5) is 22.6. The third-order valence-corrected chi connectivity index (χ3v) is 3.20. The van der Waals surface area contributed by atoms with E-state index in [-0.39, 0.29) is 12.4 Å². The minimum absolute atomic E-state index is 0.222. The highest BCUT2D eigenvalue weighted by Gasteiger charge is 2.09. The zero-order chi connectivity index (χ0) is 14.7. The monoisotopic (exact) mass is 266 g/mol. The molecule has 0 aliphatic heterocycles. The topological polar surface area (TPSA) is 43.4 Å². The Hall–Kier alpha value is -1.38. The number of allylic oxidation sites excluding steroid dienone is 1. The Balaban J connectivity index is 4.18. The van der Waals surface area contributed by atoms with E-state index in [0.29, 0.717) is 11.5 Å². The highest BCUT2D eigenvalue weighted by atomic mass is 16.5. The van der Waals surface area contributed by atoms with Crippen LogP contribution >= 0.6 is 0 Å². The maximum absolute atomic E-state index is 11.6. The molecule has 3 heteroatoms. The summed E-state index contributed by atoms with van der Waals surface area (Å²) in [6.07, 6.45) is 8.71. The van der Waals surface area contributed by atoms with Crippen LogP contribution in [0.1, 0.15) is 52.9 Å². The number of carbonyl (C=O) groups is 2. The fraction of sp³-hybridized carbons (Fsp3) is 0.625. The van der Waals surface area contributed by atoms with Crippen molar-refractivity contribution in [1.29, 1.82) is 0 Å². The Labute approximate surface area is 116 Å². The van der Waals surface area contributed by atoms with Crippen LogP contribution in [0.4, 0.5) is 0 Å². The van der Waals surface area contributed by atoms with Crippen molar-refractivity contribution in [2.75, 3.05) is 6.61 Å². The lowest BCUT2D eigenvalue weighted by molar-refractivity contribution is -0.142. The van der Waals surface area contributed by atoms with Crippen molar-refractivity contribution in [3.63, 3.8) is 0 Å². The van der Waals surface area contributed by atoms with Crippen LogP contribution in [-0.4, -0.2) is 18.4 Å². The van der Waals surface area contributed by atoms with Gasteiger partial charge in [-0.2, -0.15) is 0 Å². The zero-order valence-electron chi connectivity index (χ0n) is 12.4. The van der Waals surface area contributed by atoms with Crippen LogP contribution in [0.15, 0.2) is 24.3 Å². The largest absolute Gasteiger partial charge is 0.454 e. The highest BCUT2D eigenvalue weighted by molar-refractivity contribution is 5.94. The molecule has 0 aliphatic carbocycles. The standard InChI is InChI=1S/C16H26O3/c1-5-8-9-14(6-2)11-10-13(4)16(18)19-12-15(17)7-3/h7,10,14H,3,5-6,8-9,11-12H2,1-2,4H3. The SMILES string of the molecule is C=CC(=O)COC(=O)C(C)=CCC(CC)CCCC. The van der Waals surface area contributed by atoms with E-state index in [4.69, 9.17) is 4.74 Å².